The van der Waals surface area contributed by atoms with Crippen molar-refractivity contribution in [1.82, 2.24) is 14.7 Å². The Morgan fingerprint density at radius 2 is 1.74 bits per heavy atom. The van der Waals surface area contributed by atoms with Gasteiger partial charge in [0.25, 0.3) is 11.5 Å². The first-order chi connectivity index (χ1) is 14.9. The van der Waals surface area contributed by atoms with Gasteiger partial charge < -0.3 is 9.80 Å². The van der Waals surface area contributed by atoms with Crippen LogP contribution in [-0.2, 0) is 6.54 Å². The van der Waals surface area contributed by atoms with Gasteiger partial charge in [-0.05, 0) is 23.8 Å². The molecule has 1 fully saturated rings. The predicted molar refractivity (Wildman–Crippen MR) is 119 cm³/mol. The standard InChI is InChI=1S/C22H19Cl2FN4O2/c23-18-12-16(25)6-7-17(18)21(30)28-10-8-27(9-11-28)19-13-26-29(22(31)20(19)24)14-15-4-2-1-3-5-15/h1-7,12-13H,8-11,14H2. The summed E-state index contributed by atoms with van der Waals surface area (Å²) in [5.41, 5.74) is 1.40. The van der Waals surface area contributed by atoms with Crippen molar-refractivity contribution in [3.63, 3.8) is 0 Å². The van der Waals surface area contributed by atoms with Crippen molar-refractivity contribution in [3.05, 3.63) is 92.1 Å². The number of nitrogens with zero attached hydrogens (tertiary/aromatic N) is 4. The van der Waals surface area contributed by atoms with Gasteiger partial charge >= 0.3 is 0 Å². The van der Waals surface area contributed by atoms with Gasteiger partial charge in [0.15, 0.2) is 0 Å². The molecule has 3 aromatic rings. The van der Waals surface area contributed by atoms with Crippen molar-refractivity contribution >= 4 is 34.8 Å². The molecule has 1 aliphatic rings. The lowest BCUT2D eigenvalue weighted by Crippen LogP contribution is -2.49. The molecule has 0 N–H and O–H groups in total. The number of halogens is 3. The highest BCUT2D eigenvalue weighted by Crippen LogP contribution is 2.24. The van der Waals surface area contributed by atoms with Crippen LogP contribution in [0.4, 0.5) is 10.1 Å². The smallest absolute Gasteiger partial charge is 0.287 e. The van der Waals surface area contributed by atoms with Gasteiger partial charge in [0, 0.05) is 26.2 Å². The van der Waals surface area contributed by atoms with E-state index in [0.29, 0.717) is 38.4 Å². The molecule has 1 amide bonds. The second kappa shape index (κ2) is 9.08. The highest BCUT2D eigenvalue weighted by atomic mass is 35.5. The molecular weight excluding hydrogens is 442 g/mol. The van der Waals surface area contributed by atoms with E-state index in [4.69, 9.17) is 23.2 Å². The molecule has 1 saturated heterocycles. The van der Waals surface area contributed by atoms with E-state index >= 15 is 0 Å². The molecular formula is C22H19Cl2FN4O2. The van der Waals surface area contributed by atoms with Crippen LogP contribution >= 0.6 is 23.2 Å². The zero-order chi connectivity index (χ0) is 22.0. The van der Waals surface area contributed by atoms with Crippen molar-refractivity contribution in [2.75, 3.05) is 31.1 Å². The van der Waals surface area contributed by atoms with Crippen LogP contribution in [0.1, 0.15) is 15.9 Å². The Morgan fingerprint density at radius 1 is 1.03 bits per heavy atom. The van der Waals surface area contributed by atoms with Crippen molar-refractivity contribution < 1.29 is 9.18 Å². The number of aromatic nitrogens is 2. The molecule has 6 nitrogen and oxygen atoms in total. The largest absolute Gasteiger partial charge is 0.365 e. The van der Waals surface area contributed by atoms with Crippen molar-refractivity contribution in [2.45, 2.75) is 6.54 Å². The van der Waals surface area contributed by atoms with Gasteiger partial charge in [0.2, 0.25) is 0 Å². The summed E-state index contributed by atoms with van der Waals surface area (Å²) in [5.74, 6) is -0.748. The van der Waals surface area contributed by atoms with Crippen molar-refractivity contribution in [2.24, 2.45) is 0 Å². The van der Waals surface area contributed by atoms with E-state index in [1.54, 1.807) is 11.1 Å². The van der Waals surface area contributed by atoms with Gasteiger partial charge in [-0.2, -0.15) is 5.10 Å². The molecule has 0 aliphatic carbocycles. The van der Waals surface area contributed by atoms with Gasteiger partial charge in [-0.25, -0.2) is 9.07 Å². The number of piperazine rings is 1. The van der Waals surface area contributed by atoms with Crippen molar-refractivity contribution in [1.29, 1.82) is 0 Å². The molecule has 1 aliphatic heterocycles. The Balaban J connectivity index is 1.45. The van der Waals surface area contributed by atoms with Crippen LogP contribution in [0.15, 0.2) is 59.5 Å². The number of hydrogen-bond acceptors (Lipinski definition) is 4. The van der Waals surface area contributed by atoms with Gasteiger partial charge in [-0.3, -0.25) is 9.59 Å². The molecule has 0 atom stereocenters. The fourth-order valence-electron chi connectivity index (χ4n) is 3.53. The Hall–Kier alpha value is -2.90. The Morgan fingerprint density at radius 3 is 2.42 bits per heavy atom. The molecule has 0 saturated carbocycles. The summed E-state index contributed by atoms with van der Waals surface area (Å²) < 4.78 is 14.6. The van der Waals surface area contributed by atoms with E-state index in [0.717, 1.165) is 11.6 Å². The minimum absolute atomic E-state index is 0.0849. The lowest BCUT2D eigenvalue weighted by Gasteiger charge is -2.36. The maximum Gasteiger partial charge on any atom is 0.287 e. The normalized spacial score (nSPS) is 14.0. The molecule has 2 aromatic carbocycles. The molecule has 0 radical (unpaired) electrons. The highest BCUT2D eigenvalue weighted by molar-refractivity contribution is 6.34. The van der Waals surface area contributed by atoms with Crippen LogP contribution in [0.3, 0.4) is 0 Å². The first-order valence-corrected chi connectivity index (χ1v) is 10.5. The van der Waals surface area contributed by atoms with E-state index in [2.05, 4.69) is 5.10 Å². The maximum absolute atomic E-state index is 13.3. The summed E-state index contributed by atoms with van der Waals surface area (Å²) in [6.07, 6.45) is 1.58. The predicted octanol–water partition coefficient (Wildman–Crippen LogP) is 3.70. The zero-order valence-electron chi connectivity index (χ0n) is 16.5. The third kappa shape index (κ3) is 4.57. The molecule has 0 bridgehead atoms. The molecule has 160 valence electrons. The van der Waals surface area contributed by atoms with Gasteiger partial charge in [0.05, 0.1) is 29.0 Å². The second-order valence-electron chi connectivity index (χ2n) is 7.20. The number of rotatable bonds is 4. The molecule has 1 aromatic heterocycles. The van der Waals surface area contributed by atoms with Crippen LogP contribution in [-0.4, -0.2) is 46.8 Å². The van der Waals surface area contributed by atoms with Crippen LogP contribution in [0.5, 0.6) is 0 Å². The van der Waals surface area contributed by atoms with E-state index < -0.39 is 5.82 Å². The molecule has 4 rings (SSSR count). The Labute approximate surface area is 188 Å². The molecule has 0 spiro atoms. The summed E-state index contributed by atoms with van der Waals surface area (Å²) >= 11 is 12.4. The molecule has 31 heavy (non-hydrogen) atoms. The average molecular weight is 461 g/mol. The van der Waals surface area contributed by atoms with Gasteiger partial charge in [-0.1, -0.05) is 53.5 Å². The fourth-order valence-corrected chi connectivity index (χ4v) is 4.04. The molecule has 0 unspecified atom stereocenters. The molecule has 2 heterocycles. The number of anilines is 1. The monoisotopic (exact) mass is 460 g/mol. The third-order valence-corrected chi connectivity index (χ3v) is 5.88. The summed E-state index contributed by atoms with van der Waals surface area (Å²) in [4.78, 5) is 29.0. The van der Waals surface area contributed by atoms with E-state index in [-0.39, 0.29) is 27.1 Å². The van der Waals surface area contributed by atoms with E-state index in [1.807, 2.05) is 35.2 Å². The summed E-state index contributed by atoms with van der Waals surface area (Å²) in [5, 5.41) is 4.46. The highest BCUT2D eigenvalue weighted by Gasteiger charge is 2.26. The summed E-state index contributed by atoms with van der Waals surface area (Å²) in [7, 11) is 0. The summed E-state index contributed by atoms with van der Waals surface area (Å²) in [6.45, 7) is 2.12. The third-order valence-electron chi connectivity index (χ3n) is 5.21. The number of benzene rings is 2. The SMILES string of the molecule is O=C(c1ccc(F)cc1Cl)N1CCN(c2cnn(Cc3ccccc3)c(=O)c2Cl)CC1. The average Bonchev–Trinajstić information content (AvgIpc) is 2.78. The first kappa shape index (κ1) is 21.3. The van der Waals surface area contributed by atoms with Crippen LogP contribution in [0.25, 0.3) is 0 Å². The lowest BCUT2D eigenvalue weighted by molar-refractivity contribution is 0.0747. The van der Waals surface area contributed by atoms with Crippen LogP contribution in [0.2, 0.25) is 10.0 Å². The first-order valence-electron chi connectivity index (χ1n) is 9.73. The fraction of sp³-hybridized carbons (Fsp3) is 0.227. The number of carbonyl (C=O) groups excluding carboxylic acids is 1. The second-order valence-corrected chi connectivity index (χ2v) is 7.98. The Bertz CT molecular complexity index is 1160. The van der Waals surface area contributed by atoms with Gasteiger partial charge in [0.1, 0.15) is 10.8 Å². The summed E-state index contributed by atoms with van der Waals surface area (Å²) in [6, 6.07) is 13.3. The van der Waals surface area contributed by atoms with Crippen LogP contribution in [0, 0.1) is 5.82 Å². The topological polar surface area (TPSA) is 58.4 Å². The van der Waals surface area contributed by atoms with Crippen molar-refractivity contribution in [3.8, 4) is 0 Å². The number of amides is 1. The quantitative estimate of drug-likeness (QED) is 0.595. The van der Waals surface area contributed by atoms with Gasteiger partial charge in [-0.15, -0.1) is 0 Å². The minimum Gasteiger partial charge on any atom is -0.365 e. The lowest BCUT2D eigenvalue weighted by atomic mass is 10.1. The number of hydrogen-bond donors (Lipinski definition) is 0. The zero-order valence-corrected chi connectivity index (χ0v) is 18.0. The molecule has 9 heteroatoms. The van der Waals surface area contributed by atoms with E-state index in [9.17, 15) is 14.0 Å². The minimum atomic E-state index is -0.490. The maximum atomic E-state index is 13.3. The van der Waals surface area contributed by atoms with Crippen LogP contribution < -0.4 is 10.5 Å². The Kier molecular flexibility index (Phi) is 6.25. The van der Waals surface area contributed by atoms with E-state index in [1.165, 1.54) is 16.8 Å². The number of carbonyl (C=O) groups is 1.